The number of amides is 1. The van der Waals surface area contributed by atoms with Gasteiger partial charge in [-0.25, -0.2) is 4.98 Å². The van der Waals surface area contributed by atoms with Crippen LogP contribution in [0.2, 0.25) is 0 Å². The number of nitrogens with zero attached hydrogens (tertiary/aromatic N) is 2. The fraction of sp³-hybridized carbons (Fsp3) is 0.105. The molecule has 0 spiro atoms. The average Bonchev–Trinajstić information content (AvgIpc) is 2.65. The topological polar surface area (TPSA) is 75.0 Å². The Morgan fingerprint density at radius 2 is 2.08 bits per heavy atom. The van der Waals surface area contributed by atoms with Crippen LogP contribution < -0.4 is 10.1 Å². The molecule has 0 fully saturated rings. The average molecular weight is 317 g/mol. The molecule has 0 saturated carbocycles. The van der Waals surface area contributed by atoms with Crippen LogP contribution in [0.4, 0.5) is 0 Å². The molecule has 5 heteroatoms. The summed E-state index contributed by atoms with van der Waals surface area (Å²) in [6.07, 6.45) is 0. The van der Waals surface area contributed by atoms with Crippen LogP contribution in [0.1, 0.15) is 21.6 Å². The first-order valence-corrected chi connectivity index (χ1v) is 7.41. The summed E-state index contributed by atoms with van der Waals surface area (Å²) < 4.78 is 5.18. The minimum atomic E-state index is -0.255. The number of nitrogens with one attached hydrogen (secondary N) is 1. The molecule has 1 heterocycles. The van der Waals surface area contributed by atoms with Gasteiger partial charge in [-0.3, -0.25) is 4.79 Å². The number of aromatic nitrogens is 1. The SMILES string of the molecule is COc1ccc2nc(C(=O)NCc3cccc(C#N)c3)ccc2c1. The lowest BCUT2D eigenvalue weighted by Gasteiger charge is -2.07. The Bertz CT molecular complexity index is 945. The number of methoxy groups -OCH3 is 1. The van der Waals surface area contributed by atoms with E-state index in [1.165, 1.54) is 0 Å². The van der Waals surface area contributed by atoms with Crippen molar-refractivity contribution < 1.29 is 9.53 Å². The van der Waals surface area contributed by atoms with Crippen LogP contribution in [-0.4, -0.2) is 18.0 Å². The fourth-order valence-corrected chi connectivity index (χ4v) is 2.38. The Morgan fingerprint density at radius 1 is 1.21 bits per heavy atom. The maximum absolute atomic E-state index is 12.3. The van der Waals surface area contributed by atoms with Gasteiger partial charge in [0.1, 0.15) is 11.4 Å². The lowest BCUT2D eigenvalue weighted by atomic mass is 10.1. The van der Waals surface area contributed by atoms with Crippen LogP contribution in [0.5, 0.6) is 5.75 Å². The molecule has 118 valence electrons. The van der Waals surface area contributed by atoms with Crippen molar-refractivity contribution in [3.05, 3.63) is 71.4 Å². The monoisotopic (exact) mass is 317 g/mol. The van der Waals surface area contributed by atoms with E-state index in [4.69, 9.17) is 10.00 Å². The highest BCUT2D eigenvalue weighted by atomic mass is 16.5. The summed E-state index contributed by atoms with van der Waals surface area (Å²) in [6, 6.07) is 18.2. The van der Waals surface area contributed by atoms with Crippen LogP contribution >= 0.6 is 0 Å². The van der Waals surface area contributed by atoms with Crippen LogP contribution in [-0.2, 0) is 6.54 Å². The molecule has 2 aromatic carbocycles. The summed E-state index contributed by atoms with van der Waals surface area (Å²) in [7, 11) is 1.61. The van der Waals surface area contributed by atoms with E-state index >= 15 is 0 Å². The molecule has 0 bridgehead atoms. The van der Waals surface area contributed by atoms with Crippen molar-refractivity contribution >= 4 is 16.8 Å². The second-order valence-corrected chi connectivity index (χ2v) is 5.25. The van der Waals surface area contributed by atoms with Crippen molar-refractivity contribution in [2.75, 3.05) is 7.11 Å². The third-order valence-corrected chi connectivity index (χ3v) is 3.64. The molecule has 0 atom stereocenters. The third kappa shape index (κ3) is 3.33. The van der Waals surface area contributed by atoms with Gasteiger partial charge in [0.2, 0.25) is 0 Å². The Kier molecular flexibility index (Phi) is 4.39. The number of fused-ring (bicyclic) bond motifs is 1. The van der Waals surface area contributed by atoms with E-state index in [0.29, 0.717) is 17.8 Å². The zero-order valence-corrected chi connectivity index (χ0v) is 13.1. The first-order chi connectivity index (χ1) is 11.7. The molecule has 1 aromatic heterocycles. The lowest BCUT2D eigenvalue weighted by molar-refractivity contribution is 0.0946. The van der Waals surface area contributed by atoms with Crippen molar-refractivity contribution in [3.8, 4) is 11.8 Å². The van der Waals surface area contributed by atoms with Crippen LogP contribution in [0.25, 0.3) is 10.9 Å². The fourth-order valence-electron chi connectivity index (χ4n) is 2.38. The number of carbonyl (C=O) groups excluding carboxylic acids is 1. The van der Waals surface area contributed by atoms with Crippen molar-refractivity contribution in [1.29, 1.82) is 5.26 Å². The molecule has 0 unspecified atom stereocenters. The Labute approximate surface area is 139 Å². The highest BCUT2D eigenvalue weighted by molar-refractivity contribution is 5.95. The summed E-state index contributed by atoms with van der Waals surface area (Å²) in [4.78, 5) is 16.7. The predicted octanol–water partition coefficient (Wildman–Crippen LogP) is 3.05. The molecule has 3 rings (SSSR count). The summed E-state index contributed by atoms with van der Waals surface area (Å²) in [5, 5.41) is 12.6. The van der Waals surface area contributed by atoms with Gasteiger partial charge in [-0.15, -0.1) is 0 Å². The molecule has 0 saturated heterocycles. The number of rotatable bonds is 4. The van der Waals surface area contributed by atoms with Gasteiger partial charge < -0.3 is 10.1 Å². The standard InChI is InChI=1S/C19H15N3O2/c1-24-16-6-8-17-15(10-16)5-7-18(22-17)19(23)21-12-14-4-2-3-13(9-14)11-20/h2-10H,12H2,1H3,(H,21,23). The van der Waals surface area contributed by atoms with E-state index in [1.807, 2.05) is 30.3 Å². The number of hydrogen-bond acceptors (Lipinski definition) is 4. The number of hydrogen-bond donors (Lipinski definition) is 1. The second kappa shape index (κ2) is 6.80. The molecule has 0 aliphatic carbocycles. The van der Waals surface area contributed by atoms with Crippen molar-refractivity contribution in [2.45, 2.75) is 6.54 Å². The van der Waals surface area contributed by atoms with Gasteiger partial charge >= 0.3 is 0 Å². The van der Waals surface area contributed by atoms with E-state index in [0.717, 1.165) is 22.2 Å². The zero-order valence-electron chi connectivity index (χ0n) is 13.1. The first-order valence-electron chi connectivity index (χ1n) is 7.41. The summed E-state index contributed by atoms with van der Waals surface area (Å²) in [5.74, 6) is 0.494. The highest BCUT2D eigenvalue weighted by Crippen LogP contribution is 2.19. The lowest BCUT2D eigenvalue weighted by Crippen LogP contribution is -2.23. The van der Waals surface area contributed by atoms with Gasteiger partial charge in [0.15, 0.2) is 0 Å². The summed E-state index contributed by atoms with van der Waals surface area (Å²) in [6.45, 7) is 0.344. The quantitative estimate of drug-likeness (QED) is 0.802. The molecule has 3 aromatic rings. The highest BCUT2D eigenvalue weighted by Gasteiger charge is 2.08. The Hall–Kier alpha value is -3.39. The number of benzene rings is 2. The third-order valence-electron chi connectivity index (χ3n) is 3.64. The normalized spacial score (nSPS) is 10.2. The predicted molar refractivity (Wildman–Crippen MR) is 90.6 cm³/mol. The number of ether oxygens (including phenoxy) is 1. The van der Waals surface area contributed by atoms with Crippen LogP contribution in [0, 0.1) is 11.3 Å². The first kappa shape index (κ1) is 15.5. The van der Waals surface area contributed by atoms with Gasteiger partial charge in [0, 0.05) is 11.9 Å². The van der Waals surface area contributed by atoms with Crippen molar-refractivity contribution in [3.63, 3.8) is 0 Å². The molecule has 1 amide bonds. The van der Waals surface area contributed by atoms with E-state index < -0.39 is 0 Å². The van der Waals surface area contributed by atoms with Gasteiger partial charge in [0.25, 0.3) is 5.91 Å². The van der Waals surface area contributed by atoms with E-state index in [9.17, 15) is 4.79 Å². The van der Waals surface area contributed by atoms with Crippen LogP contribution in [0.15, 0.2) is 54.6 Å². The van der Waals surface area contributed by atoms with Gasteiger partial charge in [-0.05, 0) is 42.0 Å². The van der Waals surface area contributed by atoms with Gasteiger partial charge in [-0.1, -0.05) is 18.2 Å². The molecular weight excluding hydrogens is 302 g/mol. The Balaban J connectivity index is 1.75. The molecule has 24 heavy (non-hydrogen) atoms. The molecule has 0 aliphatic rings. The summed E-state index contributed by atoms with van der Waals surface area (Å²) in [5.41, 5.74) is 2.52. The molecular formula is C19H15N3O2. The molecule has 0 radical (unpaired) electrons. The minimum absolute atomic E-state index is 0.255. The maximum Gasteiger partial charge on any atom is 0.270 e. The molecule has 5 nitrogen and oxygen atoms in total. The number of nitriles is 1. The largest absolute Gasteiger partial charge is 0.497 e. The smallest absolute Gasteiger partial charge is 0.270 e. The molecule has 0 aliphatic heterocycles. The summed E-state index contributed by atoms with van der Waals surface area (Å²) >= 11 is 0. The maximum atomic E-state index is 12.3. The van der Waals surface area contributed by atoms with Crippen molar-refractivity contribution in [1.82, 2.24) is 10.3 Å². The van der Waals surface area contributed by atoms with E-state index in [-0.39, 0.29) is 5.91 Å². The Morgan fingerprint density at radius 3 is 2.88 bits per heavy atom. The van der Waals surface area contributed by atoms with E-state index in [1.54, 1.807) is 31.4 Å². The van der Waals surface area contributed by atoms with Crippen molar-refractivity contribution in [2.24, 2.45) is 0 Å². The number of pyridine rings is 1. The van der Waals surface area contributed by atoms with E-state index in [2.05, 4.69) is 16.4 Å². The minimum Gasteiger partial charge on any atom is -0.497 e. The second-order valence-electron chi connectivity index (χ2n) is 5.25. The zero-order chi connectivity index (χ0) is 16.9. The number of carbonyl (C=O) groups is 1. The van der Waals surface area contributed by atoms with Gasteiger partial charge in [-0.2, -0.15) is 5.26 Å². The van der Waals surface area contributed by atoms with Crippen LogP contribution in [0.3, 0.4) is 0 Å². The van der Waals surface area contributed by atoms with Gasteiger partial charge in [0.05, 0.1) is 24.3 Å². The molecule has 1 N–H and O–H groups in total.